The maximum absolute atomic E-state index is 13.8. The molecule has 0 atom stereocenters. The minimum atomic E-state index is -4.53. The highest BCUT2D eigenvalue weighted by Crippen LogP contribution is 2.34. The highest BCUT2D eigenvalue weighted by Gasteiger charge is 2.34. The van der Waals surface area contributed by atoms with E-state index in [-0.39, 0.29) is 24.2 Å². The summed E-state index contributed by atoms with van der Waals surface area (Å²) in [5.41, 5.74) is 1.88. The molecular weight excluding hydrogens is 495 g/mol. The number of anilines is 1. The molecular formula is C27H24F3N7O. The lowest BCUT2D eigenvalue weighted by Crippen LogP contribution is -2.43. The van der Waals surface area contributed by atoms with Crippen molar-refractivity contribution in [3.8, 4) is 11.8 Å². The van der Waals surface area contributed by atoms with Gasteiger partial charge >= 0.3 is 6.18 Å². The van der Waals surface area contributed by atoms with Crippen LogP contribution in [-0.4, -0.2) is 56.6 Å². The normalized spacial score (nSPS) is 14.2. The Hall–Kier alpha value is -4.27. The Bertz CT molecular complexity index is 1510. The molecule has 0 aliphatic carbocycles. The van der Waals surface area contributed by atoms with Crippen molar-refractivity contribution in [2.75, 3.05) is 31.5 Å². The Kier molecular flexibility index (Phi) is 7.35. The van der Waals surface area contributed by atoms with Gasteiger partial charge in [0.2, 0.25) is 5.91 Å². The van der Waals surface area contributed by atoms with Gasteiger partial charge in [-0.15, -0.1) is 0 Å². The number of hydrogen-bond acceptors (Lipinski definition) is 6. The first-order valence-electron chi connectivity index (χ1n) is 12.0. The Balaban J connectivity index is 1.27. The summed E-state index contributed by atoms with van der Waals surface area (Å²) in [7, 11) is 0. The van der Waals surface area contributed by atoms with Gasteiger partial charge in [-0.05, 0) is 47.9 Å². The second kappa shape index (κ2) is 11.0. The van der Waals surface area contributed by atoms with Gasteiger partial charge in [0.25, 0.3) is 0 Å². The van der Waals surface area contributed by atoms with Gasteiger partial charge in [-0.1, -0.05) is 12.0 Å². The van der Waals surface area contributed by atoms with Crippen LogP contribution < -0.4 is 10.6 Å². The second-order valence-electron chi connectivity index (χ2n) is 8.84. The molecule has 0 unspecified atom stereocenters. The number of carbonyl (C=O) groups is 1. The first kappa shape index (κ1) is 25.4. The maximum Gasteiger partial charge on any atom is 0.416 e. The predicted molar refractivity (Wildman–Crippen MR) is 135 cm³/mol. The highest BCUT2D eigenvalue weighted by atomic mass is 19.4. The van der Waals surface area contributed by atoms with Crippen molar-refractivity contribution in [3.63, 3.8) is 0 Å². The summed E-state index contributed by atoms with van der Waals surface area (Å²) in [6, 6.07) is 10.9. The third kappa shape index (κ3) is 6.16. The van der Waals surface area contributed by atoms with E-state index in [9.17, 15) is 18.0 Å². The molecule has 8 nitrogen and oxygen atoms in total. The van der Waals surface area contributed by atoms with Crippen LogP contribution in [0.3, 0.4) is 0 Å². The number of benzene rings is 1. The molecule has 194 valence electrons. The first-order valence-corrected chi connectivity index (χ1v) is 12.0. The fraction of sp³-hybridized carbons (Fsp3) is 0.259. The fourth-order valence-corrected chi connectivity index (χ4v) is 4.24. The van der Waals surface area contributed by atoms with E-state index in [1.165, 1.54) is 18.3 Å². The van der Waals surface area contributed by atoms with Gasteiger partial charge in [-0.3, -0.25) is 14.7 Å². The third-order valence-corrected chi connectivity index (χ3v) is 6.07. The Morgan fingerprint density at radius 2 is 1.89 bits per heavy atom. The number of nitrogens with one attached hydrogen (secondary N) is 2. The van der Waals surface area contributed by atoms with Crippen LogP contribution in [-0.2, 0) is 23.9 Å². The average Bonchev–Trinajstić information content (AvgIpc) is 3.32. The number of piperazine rings is 1. The second-order valence-corrected chi connectivity index (χ2v) is 8.84. The van der Waals surface area contributed by atoms with Gasteiger partial charge in [0.1, 0.15) is 5.69 Å². The first-order chi connectivity index (χ1) is 18.3. The summed E-state index contributed by atoms with van der Waals surface area (Å²) in [5, 5.41) is 9.98. The van der Waals surface area contributed by atoms with Crippen molar-refractivity contribution in [1.29, 1.82) is 0 Å². The van der Waals surface area contributed by atoms with E-state index in [4.69, 9.17) is 0 Å². The van der Waals surface area contributed by atoms with Crippen molar-refractivity contribution in [2.24, 2.45) is 0 Å². The summed E-state index contributed by atoms with van der Waals surface area (Å²) in [6.07, 6.45) is 0.146. The minimum Gasteiger partial charge on any atom is -0.326 e. The van der Waals surface area contributed by atoms with Crippen molar-refractivity contribution in [2.45, 2.75) is 19.1 Å². The van der Waals surface area contributed by atoms with E-state index in [2.05, 4.69) is 37.5 Å². The molecule has 1 saturated heterocycles. The maximum atomic E-state index is 13.8. The van der Waals surface area contributed by atoms with Crippen LogP contribution in [0, 0.1) is 11.8 Å². The number of aromatic nitrogens is 4. The van der Waals surface area contributed by atoms with E-state index >= 15 is 0 Å². The molecule has 0 radical (unpaired) electrons. The lowest BCUT2D eigenvalue weighted by molar-refractivity contribution is -0.138. The van der Waals surface area contributed by atoms with Crippen molar-refractivity contribution < 1.29 is 18.0 Å². The number of pyridine rings is 1. The molecule has 1 fully saturated rings. The Morgan fingerprint density at radius 3 is 2.71 bits per heavy atom. The number of alkyl halides is 3. The third-order valence-electron chi connectivity index (χ3n) is 6.07. The molecule has 38 heavy (non-hydrogen) atoms. The van der Waals surface area contributed by atoms with Gasteiger partial charge < -0.3 is 10.6 Å². The van der Waals surface area contributed by atoms with Crippen molar-refractivity contribution in [3.05, 3.63) is 89.1 Å². The lowest BCUT2D eigenvalue weighted by Gasteiger charge is -2.28. The SMILES string of the molecule is O=C(Cc1cc(C#Cc2cnc3cccnn23)ccn1)Nc1ccc(CN2CCNCC2)c(C(F)(F)F)c1. The van der Waals surface area contributed by atoms with Crippen LogP contribution in [0.5, 0.6) is 0 Å². The lowest BCUT2D eigenvalue weighted by atomic mass is 10.0. The molecule has 3 aromatic heterocycles. The van der Waals surface area contributed by atoms with Crippen LogP contribution >= 0.6 is 0 Å². The van der Waals surface area contributed by atoms with E-state index in [0.717, 1.165) is 19.2 Å². The molecule has 4 heterocycles. The van der Waals surface area contributed by atoms with E-state index < -0.39 is 17.6 Å². The molecule has 4 aromatic rings. The van der Waals surface area contributed by atoms with Gasteiger partial charge in [0.05, 0.1) is 23.9 Å². The number of halogens is 3. The minimum absolute atomic E-state index is 0.0856. The molecule has 5 rings (SSSR count). The summed E-state index contributed by atoms with van der Waals surface area (Å²) in [4.78, 5) is 23.1. The van der Waals surface area contributed by atoms with Crippen LogP contribution in [0.25, 0.3) is 5.65 Å². The Labute approximate surface area is 216 Å². The number of amides is 1. The number of rotatable bonds is 5. The molecule has 0 spiro atoms. The van der Waals surface area contributed by atoms with E-state index in [1.807, 2.05) is 11.0 Å². The number of fused-ring (bicyclic) bond motifs is 1. The van der Waals surface area contributed by atoms with Crippen molar-refractivity contribution >= 4 is 17.2 Å². The quantitative estimate of drug-likeness (QED) is 0.394. The zero-order valence-corrected chi connectivity index (χ0v) is 20.3. The zero-order valence-electron chi connectivity index (χ0n) is 20.3. The van der Waals surface area contributed by atoms with E-state index in [0.29, 0.717) is 35.7 Å². The van der Waals surface area contributed by atoms with Crippen molar-refractivity contribution in [1.82, 2.24) is 29.8 Å². The summed E-state index contributed by atoms with van der Waals surface area (Å²) < 4.78 is 43.0. The number of nitrogens with zero attached hydrogens (tertiary/aromatic N) is 5. The molecule has 1 aliphatic rings. The van der Waals surface area contributed by atoms with Crippen LogP contribution in [0.15, 0.2) is 61.1 Å². The molecule has 0 bridgehead atoms. The summed E-state index contributed by atoms with van der Waals surface area (Å²) in [6.45, 7) is 3.06. The van der Waals surface area contributed by atoms with Gasteiger partial charge in [0, 0.05) is 56.4 Å². The number of hydrogen-bond donors (Lipinski definition) is 2. The zero-order chi connectivity index (χ0) is 26.5. The van der Waals surface area contributed by atoms with Crippen LogP contribution in [0.4, 0.5) is 18.9 Å². The predicted octanol–water partition coefficient (Wildman–Crippen LogP) is 3.13. The average molecular weight is 520 g/mol. The summed E-state index contributed by atoms with van der Waals surface area (Å²) in [5.74, 6) is 5.54. The smallest absolute Gasteiger partial charge is 0.326 e. The number of imidazole rings is 1. The van der Waals surface area contributed by atoms with Crippen LogP contribution in [0.2, 0.25) is 0 Å². The molecule has 0 saturated carbocycles. The van der Waals surface area contributed by atoms with Gasteiger partial charge in [-0.25, -0.2) is 9.50 Å². The molecule has 1 amide bonds. The molecule has 1 aliphatic heterocycles. The fourth-order valence-electron chi connectivity index (χ4n) is 4.24. The monoisotopic (exact) mass is 519 g/mol. The van der Waals surface area contributed by atoms with E-state index in [1.54, 1.807) is 35.1 Å². The number of carbonyl (C=O) groups excluding carboxylic acids is 1. The van der Waals surface area contributed by atoms with Gasteiger partial charge in [-0.2, -0.15) is 18.3 Å². The summed E-state index contributed by atoms with van der Waals surface area (Å²) >= 11 is 0. The van der Waals surface area contributed by atoms with Crippen LogP contribution in [0.1, 0.15) is 28.1 Å². The largest absolute Gasteiger partial charge is 0.416 e. The topological polar surface area (TPSA) is 87.5 Å². The standard InChI is InChI=1S/C27H24F3N7O/c28-27(29,30)24-15-21(5-4-20(24)18-36-12-10-31-11-13-36)35-26(38)16-22-14-19(7-9-32-22)3-6-23-17-33-25-2-1-8-34-37(23)25/h1-2,4-5,7-9,14-15,17,31H,10-13,16,18H2,(H,35,38). The van der Waals surface area contributed by atoms with Gasteiger partial charge in [0.15, 0.2) is 5.65 Å². The molecule has 2 N–H and O–H groups in total. The highest BCUT2D eigenvalue weighted by molar-refractivity contribution is 5.92. The Morgan fingerprint density at radius 1 is 1.05 bits per heavy atom. The molecule has 1 aromatic carbocycles. The molecule has 11 heteroatoms.